The first-order chi connectivity index (χ1) is 13.5. The number of anilines is 1. The van der Waals surface area contributed by atoms with E-state index in [1.54, 1.807) is 31.3 Å². The molecule has 1 heterocycles. The van der Waals surface area contributed by atoms with E-state index >= 15 is 0 Å². The van der Waals surface area contributed by atoms with Crippen LogP contribution in [-0.2, 0) is 17.6 Å². The molecule has 2 aromatic carbocycles. The van der Waals surface area contributed by atoms with Crippen LogP contribution in [0.25, 0.3) is 0 Å². The standard InChI is InChI=1S/C21H23F2NO4/c1-26-16-11-14(12-17(13-16)27-2)8-9-19(25)24-10-4-6-15-5-3-7-18(20(15)24)28-21(22)23/h3,5,7,11-13,21H,4,6,8-10H2,1-2H3. The Bertz CT molecular complexity index is 819. The minimum absolute atomic E-state index is 0.0450. The maximum Gasteiger partial charge on any atom is 0.387 e. The van der Waals surface area contributed by atoms with Gasteiger partial charge < -0.3 is 19.1 Å². The van der Waals surface area contributed by atoms with E-state index in [9.17, 15) is 13.6 Å². The van der Waals surface area contributed by atoms with Crippen LogP contribution in [0, 0.1) is 0 Å². The highest BCUT2D eigenvalue weighted by atomic mass is 19.3. The van der Waals surface area contributed by atoms with Gasteiger partial charge in [0, 0.05) is 19.0 Å². The number of rotatable bonds is 7. The van der Waals surface area contributed by atoms with Crippen molar-refractivity contribution in [1.82, 2.24) is 0 Å². The summed E-state index contributed by atoms with van der Waals surface area (Å²) in [6.45, 7) is -2.45. The topological polar surface area (TPSA) is 48.0 Å². The SMILES string of the molecule is COc1cc(CCC(=O)N2CCCc3cccc(OC(F)F)c32)cc(OC)c1. The molecule has 150 valence electrons. The van der Waals surface area contributed by atoms with Gasteiger partial charge in [0.2, 0.25) is 5.91 Å². The summed E-state index contributed by atoms with van der Waals surface area (Å²) in [5, 5.41) is 0. The molecule has 0 aromatic heterocycles. The van der Waals surface area contributed by atoms with Gasteiger partial charge >= 0.3 is 6.61 Å². The zero-order valence-corrected chi connectivity index (χ0v) is 15.9. The Morgan fingerprint density at radius 1 is 1.14 bits per heavy atom. The van der Waals surface area contributed by atoms with Gasteiger partial charge in [0.15, 0.2) is 0 Å². The van der Waals surface area contributed by atoms with Gasteiger partial charge in [0.05, 0.1) is 19.9 Å². The number of aryl methyl sites for hydroxylation is 2. The number of amides is 1. The molecule has 3 rings (SSSR count). The largest absolute Gasteiger partial charge is 0.497 e. The smallest absolute Gasteiger partial charge is 0.387 e. The summed E-state index contributed by atoms with van der Waals surface area (Å²) >= 11 is 0. The van der Waals surface area contributed by atoms with Crippen LogP contribution in [0.3, 0.4) is 0 Å². The Balaban J connectivity index is 1.78. The molecule has 0 aliphatic carbocycles. The second-order valence-corrected chi connectivity index (χ2v) is 6.51. The van der Waals surface area contributed by atoms with Crippen molar-refractivity contribution in [2.75, 3.05) is 25.7 Å². The summed E-state index contributed by atoms with van der Waals surface area (Å²) in [6.07, 6.45) is 2.23. The molecule has 1 amide bonds. The van der Waals surface area contributed by atoms with Crippen LogP contribution in [-0.4, -0.2) is 33.3 Å². The fourth-order valence-corrected chi connectivity index (χ4v) is 3.45. The third kappa shape index (κ3) is 4.52. The number of fused-ring (bicyclic) bond motifs is 1. The lowest BCUT2D eigenvalue weighted by Gasteiger charge is -2.31. The molecule has 5 nitrogen and oxygen atoms in total. The van der Waals surface area contributed by atoms with Gasteiger partial charge in [0.25, 0.3) is 0 Å². The molecule has 0 N–H and O–H groups in total. The van der Waals surface area contributed by atoms with Crippen LogP contribution in [0.2, 0.25) is 0 Å². The van der Waals surface area contributed by atoms with Crippen LogP contribution >= 0.6 is 0 Å². The van der Waals surface area contributed by atoms with E-state index in [-0.39, 0.29) is 18.1 Å². The van der Waals surface area contributed by atoms with E-state index in [4.69, 9.17) is 9.47 Å². The van der Waals surface area contributed by atoms with Crippen LogP contribution < -0.4 is 19.1 Å². The third-order valence-electron chi connectivity index (χ3n) is 4.74. The first kappa shape index (κ1) is 19.9. The van der Waals surface area contributed by atoms with Crippen molar-refractivity contribution in [2.24, 2.45) is 0 Å². The van der Waals surface area contributed by atoms with Gasteiger partial charge in [-0.15, -0.1) is 0 Å². The first-order valence-electron chi connectivity index (χ1n) is 9.11. The van der Waals surface area contributed by atoms with Crippen LogP contribution in [0.1, 0.15) is 24.0 Å². The lowest BCUT2D eigenvalue weighted by atomic mass is 10.00. The van der Waals surface area contributed by atoms with Crippen molar-refractivity contribution in [1.29, 1.82) is 0 Å². The Hall–Kier alpha value is -2.83. The number of halogens is 2. The molecule has 0 bridgehead atoms. The molecule has 1 aliphatic heterocycles. The number of nitrogens with zero attached hydrogens (tertiary/aromatic N) is 1. The molecule has 0 unspecified atom stereocenters. The van der Waals surface area contributed by atoms with Crippen LogP contribution in [0.15, 0.2) is 36.4 Å². The minimum Gasteiger partial charge on any atom is -0.497 e. The molecule has 0 saturated carbocycles. The van der Waals surface area contributed by atoms with Gasteiger partial charge in [-0.1, -0.05) is 12.1 Å². The van der Waals surface area contributed by atoms with E-state index < -0.39 is 6.61 Å². The van der Waals surface area contributed by atoms with E-state index in [2.05, 4.69) is 4.74 Å². The summed E-state index contributed by atoms with van der Waals surface area (Å²) in [7, 11) is 3.14. The number of methoxy groups -OCH3 is 2. The number of hydrogen-bond donors (Lipinski definition) is 0. The van der Waals surface area contributed by atoms with E-state index in [0.29, 0.717) is 30.2 Å². The average Bonchev–Trinajstić information content (AvgIpc) is 2.71. The molecule has 7 heteroatoms. The van der Waals surface area contributed by atoms with Crippen molar-refractivity contribution < 1.29 is 27.8 Å². The van der Waals surface area contributed by atoms with Crippen molar-refractivity contribution in [3.63, 3.8) is 0 Å². The molecule has 0 atom stereocenters. The monoisotopic (exact) mass is 391 g/mol. The maximum atomic E-state index is 12.9. The van der Waals surface area contributed by atoms with Crippen LogP contribution in [0.4, 0.5) is 14.5 Å². The molecule has 0 saturated heterocycles. The van der Waals surface area contributed by atoms with Gasteiger partial charge in [-0.05, 0) is 48.6 Å². The zero-order valence-electron chi connectivity index (χ0n) is 15.9. The van der Waals surface area contributed by atoms with Crippen molar-refractivity contribution in [3.05, 3.63) is 47.5 Å². The lowest BCUT2D eigenvalue weighted by Crippen LogP contribution is -2.36. The number of alkyl halides is 2. The molecule has 0 spiro atoms. The summed E-state index contributed by atoms with van der Waals surface area (Å²) in [4.78, 5) is 14.5. The average molecular weight is 391 g/mol. The summed E-state index contributed by atoms with van der Waals surface area (Å²) < 4.78 is 40.7. The third-order valence-corrected chi connectivity index (χ3v) is 4.74. The highest BCUT2D eigenvalue weighted by Crippen LogP contribution is 2.37. The number of hydrogen-bond acceptors (Lipinski definition) is 4. The van der Waals surface area contributed by atoms with E-state index in [0.717, 1.165) is 24.0 Å². The molecule has 1 aliphatic rings. The van der Waals surface area contributed by atoms with E-state index in [1.807, 2.05) is 18.2 Å². The predicted octanol–water partition coefficient (Wildman–Crippen LogP) is 4.22. The van der Waals surface area contributed by atoms with Gasteiger partial charge in [-0.25, -0.2) is 0 Å². The summed E-state index contributed by atoms with van der Waals surface area (Å²) in [6, 6.07) is 10.5. The Morgan fingerprint density at radius 2 is 1.86 bits per heavy atom. The van der Waals surface area contributed by atoms with E-state index in [1.165, 1.54) is 6.07 Å². The maximum absolute atomic E-state index is 12.9. The Kier molecular flexibility index (Phi) is 6.34. The quantitative estimate of drug-likeness (QED) is 0.709. The van der Waals surface area contributed by atoms with Gasteiger partial charge in [-0.2, -0.15) is 8.78 Å². The minimum atomic E-state index is -2.94. The highest BCUT2D eigenvalue weighted by Gasteiger charge is 2.27. The van der Waals surface area contributed by atoms with Crippen molar-refractivity contribution in [2.45, 2.75) is 32.3 Å². The Labute approximate surface area is 162 Å². The fraction of sp³-hybridized carbons (Fsp3) is 0.381. The number of carbonyl (C=O) groups is 1. The van der Waals surface area contributed by atoms with Crippen LogP contribution in [0.5, 0.6) is 17.2 Å². The number of para-hydroxylation sites is 1. The number of benzene rings is 2. The molecular formula is C21H23F2NO4. The van der Waals surface area contributed by atoms with Gasteiger partial charge in [-0.3, -0.25) is 4.79 Å². The van der Waals surface area contributed by atoms with Gasteiger partial charge in [0.1, 0.15) is 17.2 Å². The highest BCUT2D eigenvalue weighted by molar-refractivity contribution is 5.96. The number of carbonyl (C=O) groups excluding carboxylic acids is 1. The molecule has 28 heavy (non-hydrogen) atoms. The molecule has 0 fully saturated rings. The fourth-order valence-electron chi connectivity index (χ4n) is 3.45. The lowest BCUT2D eigenvalue weighted by molar-refractivity contribution is -0.118. The van der Waals surface area contributed by atoms with Crippen molar-refractivity contribution in [3.8, 4) is 17.2 Å². The predicted molar refractivity (Wildman–Crippen MR) is 102 cm³/mol. The first-order valence-corrected chi connectivity index (χ1v) is 9.11. The van der Waals surface area contributed by atoms with Crippen molar-refractivity contribution >= 4 is 11.6 Å². The molecular weight excluding hydrogens is 368 g/mol. The second-order valence-electron chi connectivity index (χ2n) is 6.51. The summed E-state index contributed by atoms with van der Waals surface area (Å²) in [5.74, 6) is 1.21. The second kappa shape index (κ2) is 8.91. The molecule has 2 aromatic rings. The molecule has 0 radical (unpaired) electrons. The summed E-state index contributed by atoms with van der Waals surface area (Å²) in [5.41, 5.74) is 2.21. The zero-order chi connectivity index (χ0) is 20.1. The Morgan fingerprint density at radius 3 is 2.50 bits per heavy atom. The normalized spacial score (nSPS) is 13.2. The number of ether oxygens (including phenoxy) is 3.